The minimum atomic E-state index is 0.762. The highest BCUT2D eigenvalue weighted by atomic mass is 15.3. The largest absolute Gasteiger partial charge is 0.397 e. The fraction of sp³-hybridized carbons (Fsp3) is 0.643. The molecule has 0 amide bonds. The number of fused-ring (bicyclic) bond motifs is 1. The van der Waals surface area contributed by atoms with Crippen LogP contribution in [0.2, 0.25) is 0 Å². The van der Waals surface area contributed by atoms with Gasteiger partial charge in [0, 0.05) is 38.4 Å². The molecular weight excluding hydrogens is 224 g/mol. The average molecular weight is 246 g/mol. The molecule has 0 bridgehead atoms. The minimum Gasteiger partial charge on any atom is -0.397 e. The molecule has 2 fully saturated rings. The lowest BCUT2D eigenvalue weighted by Gasteiger charge is -2.44. The Morgan fingerprint density at radius 3 is 3.11 bits per heavy atom. The molecule has 1 aromatic heterocycles. The molecule has 0 saturated carbocycles. The first-order valence-electron chi connectivity index (χ1n) is 6.99. The molecule has 4 nitrogen and oxygen atoms in total. The normalized spacial score (nSPS) is 25.9. The Morgan fingerprint density at radius 2 is 2.22 bits per heavy atom. The lowest BCUT2D eigenvalue weighted by molar-refractivity contribution is 0.0452. The molecule has 1 unspecified atom stereocenters. The van der Waals surface area contributed by atoms with Crippen LogP contribution in [0.15, 0.2) is 18.3 Å². The molecule has 0 radical (unpaired) electrons. The van der Waals surface area contributed by atoms with Crippen molar-refractivity contribution in [2.75, 3.05) is 31.9 Å². The summed E-state index contributed by atoms with van der Waals surface area (Å²) in [5, 5.41) is 0. The molecule has 0 aromatic carbocycles. The SMILES string of the molecule is Nc1cccnc1CN1CCN2CCCCC2C1. The lowest BCUT2D eigenvalue weighted by Crippen LogP contribution is -2.54. The van der Waals surface area contributed by atoms with E-state index in [1.165, 1.54) is 38.9 Å². The van der Waals surface area contributed by atoms with Crippen molar-refractivity contribution in [1.82, 2.24) is 14.8 Å². The lowest BCUT2D eigenvalue weighted by atomic mass is 9.99. The fourth-order valence-corrected chi connectivity index (χ4v) is 3.16. The van der Waals surface area contributed by atoms with Crippen LogP contribution in [0, 0.1) is 0 Å². The van der Waals surface area contributed by atoms with Crippen molar-refractivity contribution in [3.05, 3.63) is 24.0 Å². The predicted molar refractivity (Wildman–Crippen MR) is 73.1 cm³/mol. The third-order valence-electron chi connectivity index (χ3n) is 4.22. The summed E-state index contributed by atoms with van der Waals surface area (Å²) in [4.78, 5) is 9.56. The molecule has 1 aromatic rings. The van der Waals surface area contributed by atoms with E-state index < -0.39 is 0 Å². The van der Waals surface area contributed by atoms with E-state index >= 15 is 0 Å². The molecule has 18 heavy (non-hydrogen) atoms. The number of aromatic nitrogens is 1. The number of nitrogens with zero attached hydrogens (tertiary/aromatic N) is 3. The summed E-state index contributed by atoms with van der Waals surface area (Å²) in [7, 11) is 0. The Hall–Kier alpha value is -1.13. The number of piperidine rings is 1. The van der Waals surface area contributed by atoms with Gasteiger partial charge in [-0.05, 0) is 31.5 Å². The van der Waals surface area contributed by atoms with E-state index in [1.807, 2.05) is 18.3 Å². The van der Waals surface area contributed by atoms with Crippen LogP contribution in [0.4, 0.5) is 5.69 Å². The number of nitrogen functional groups attached to an aromatic ring is 1. The topological polar surface area (TPSA) is 45.4 Å². The van der Waals surface area contributed by atoms with Crippen LogP contribution in [-0.2, 0) is 6.54 Å². The molecule has 2 aliphatic heterocycles. The van der Waals surface area contributed by atoms with Gasteiger partial charge in [-0.25, -0.2) is 0 Å². The number of pyridine rings is 1. The van der Waals surface area contributed by atoms with Crippen LogP contribution in [0.3, 0.4) is 0 Å². The van der Waals surface area contributed by atoms with Crippen molar-refractivity contribution < 1.29 is 0 Å². The number of piperazine rings is 1. The molecule has 2 saturated heterocycles. The number of hydrogen-bond acceptors (Lipinski definition) is 4. The van der Waals surface area contributed by atoms with Gasteiger partial charge >= 0.3 is 0 Å². The van der Waals surface area contributed by atoms with Crippen LogP contribution in [0.5, 0.6) is 0 Å². The second kappa shape index (κ2) is 5.24. The van der Waals surface area contributed by atoms with Gasteiger partial charge in [-0.1, -0.05) is 6.42 Å². The quantitative estimate of drug-likeness (QED) is 0.855. The summed E-state index contributed by atoms with van der Waals surface area (Å²) in [5.41, 5.74) is 7.82. The van der Waals surface area contributed by atoms with E-state index in [9.17, 15) is 0 Å². The molecule has 1 atom stereocenters. The highest BCUT2D eigenvalue weighted by molar-refractivity contribution is 5.41. The zero-order chi connectivity index (χ0) is 12.4. The van der Waals surface area contributed by atoms with Crippen LogP contribution in [-0.4, -0.2) is 47.0 Å². The van der Waals surface area contributed by atoms with Crippen LogP contribution in [0.1, 0.15) is 25.0 Å². The van der Waals surface area contributed by atoms with Gasteiger partial charge in [0.05, 0.1) is 11.4 Å². The minimum absolute atomic E-state index is 0.762. The molecule has 2 N–H and O–H groups in total. The van der Waals surface area contributed by atoms with Gasteiger partial charge in [0.25, 0.3) is 0 Å². The highest BCUT2D eigenvalue weighted by Gasteiger charge is 2.28. The summed E-state index contributed by atoms with van der Waals surface area (Å²) in [6.07, 6.45) is 5.96. The molecular formula is C14H22N4. The second-order valence-electron chi connectivity index (χ2n) is 5.46. The van der Waals surface area contributed by atoms with E-state index in [1.54, 1.807) is 0 Å². The van der Waals surface area contributed by atoms with E-state index in [4.69, 9.17) is 5.73 Å². The van der Waals surface area contributed by atoms with Gasteiger partial charge in [0.2, 0.25) is 0 Å². The standard InChI is InChI=1S/C14H22N4/c15-13-5-3-6-16-14(13)11-17-8-9-18-7-2-1-4-12(18)10-17/h3,5-6,12H,1-2,4,7-11,15H2. The van der Waals surface area contributed by atoms with Crippen molar-refractivity contribution in [3.63, 3.8) is 0 Å². The summed E-state index contributed by atoms with van der Waals surface area (Å²) in [5.74, 6) is 0. The predicted octanol–water partition coefficient (Wildman–Crippen LogP) is 1.33. The average Bonchev–Trinajstić information content (AvgIpc) is 2.41. The smallest absolute Gasteiger partial charge is 0.0772 e. The number of nitrogens with two attached hydrogens (primary N) is 1. The van der Waals surface area contributed by atoms with E-state index in [0.29, 0.717) is 0 Å². The molecule has 3 heterocycles. The van der Waals surface area contributed by atoms with Crippen LogP contribution in [0.25, 0.3) is 0 Å². The summed E-state index contributed by atoms with van der Waals surface area (Å²) in [6.45, 7) is 5.72. The first kappa shape index (κ1) is 11.9. The Bertz CT molecular complexity index is 407. The first-order valence-corrected chi connectivity index (χ1v) is 6.99. The number of hydrogen-bond donors (Lipinski definition) is 1. The molecule has 0 aliphatic carbocycles. The van der Waals surface area contributed by atoms with Gasteiger partial charge < -0.3 is 5.73 Å². The Labute approximate surface area is 109 Å². The van der Waals surface area contributed by atoms with Gasteiger partial charge in [0.15, 0.2) is 0 Å². The van der Waals surface area contributed by atoms with Crippen molar-refractivity contribution in [2.24, 2.45) is 0 Å². The number of anilines is 1. The third-order valence-corrected chi connectivity index (χ3v) is 4.22. The Kier molecular flexibility index (Phi) is 3.48. The van der Waals surface area contributed by atoms with Crippen LogP contribution < -0.4 is 5.73 Å². The maximum Gasteiger partial charge on any atom is 0.0772 e. The maximum absolute atomic E-state index is 5.97. The first-order chi connectivity index (χ1) is 8.83. The number of rotatable bonds is 2. The van der Waals surface area contributed by atoms with Crippen molar-refractivity contribution in [3.8, 4) is 0 Å². The summed E-state index contributed by atoms with van der Waals surface area (Å²) >= 11 is 0. The van der Waals surface area contributed by atoms with Crippen molar-refractivity contribution >= 4 is 5.69 Å². The molecule has 0 spiro atoms. The molecule has 4 heteroatoms. The highest BCUT2D eigenvalue weighted by Crippen LogP contribution is 2.22. The maximum atomic E-state index is 5.97. The van der Waals surface area contributed by atoms with Gasteiger partial charge in [-0.15, -0.1) is 0 Å². The van der Waals surface area contributed by atoms with Gasteiger partial charge in [0.1, 0.15) is 0 Å². The summed E-state index contributed by atoms with van der Waals surface area (Å²) in [6, 6.07) is 4.61. The van der Waals surface area contributed by atoms with E-state index in [0.717, 1.165) is 30.5 Å². The van der Waals surface area contributed by atoms with E-state index in [-0.39, 0.29) is 0 Å². The van der Waals surface area contributed by atoms with Crippen molar-refractivity contribution in [2.45, 2.75) is 31.8 Å². The molecule has 98 valence electrons. The molecule has 2 aliphatic rings. The van der Waals surface area contributed by atoms with E-state index in [2.05, 4.69) is 14.8 Å². The zero-order valence-electron chi connectivity index (χ0n) is 10.9. The summed E-state index contributed by atoms with van der Waals surface area (Å²) < 4.78 is 0. The Morgan fingerprint density at radius 1 is 1.28 bits per heavy atom. The van der Waals surface area contributed by atoms with Gasteiger partial charge in [-0.2, -0.15) is 0 Å². The van der Waals surface area contributed by atoms with Crippen LogP contribution >= 0.6 is 0 Å². The Balaban J connectivity index is 1.63. The van der Waals surface area contributed by atoms with Crippen molar-refractivity contribution in [1.29, 1.82) is 0 Å². The second-order valence-corrected chi connectivity index (χ2v) is 5.46. The van der Waals surface area contributed by atoms with Gasteiger partial charge in [-0.3, -0.25) is 14.8 Å². The third kappa shape index (κ3) is 2.49. The zero-order valence-corrected chi connectivity index (χ0v) is 10.9. The molecule has 3 rings (SSSR count). The monoisotopic (exact) mass is 246 g/mol. The fourth-order valence-electron chi connectivity index (χ4n) is 3.16.